The van der Waals surface area contributed by atoms with E-state index in [1.807, 2.05) is 58.8 Å². The first-order valence-electron chi connectivity index (χ1n) is 9.37. The number of nitrogens with zero attached hydrogens (tertiary/aromatic N) is 2. The zero-order valence-corrected chi connectivity index (χ0v) is 16.2. The average molecular weight is 391 g/mol. The van der Waals surface area contributed by atoms with Crippen molar-refractivity contribution in [3.63, 3.8) is 0 Å². The summed E-state index contributed by atoms with van der Waals surface area (Å²) < 4.78 is 0. The zero-order chi connectivity index (χ0) is 19.3. The maximum atomic E-state index is 12.8. The third-order valence-electron chi connectivity index (χ3n) is 4.90. The van der Waals surface area contributed by atoms with Crippen LogP contribution in [0.1, 0.15) is 33.7 Å². The second-order valence-electron chi connectivity index (χ2n) is 6.81. The van der Waals surface area contributed by atoms with Gasteiger partial charge in [-0.2, -0.15) is 0 Å². The largest absolute Gasteiger partial charge is 0.349 e. The molecule has 28 heavy (non-hydrogen) atoms. The molecule has 1 aliphatic rings. The van der Waals surface area contributed by atoms with Gasteiger partial charge in [0.1, 0.15) is 10.7 Å². The fraction of sp³-hybridized carbons (Fsp3) is 0.227. The number of hydrogen-bond acceptors (Lipinski definition) is 4. The molecule has 2 heterocycles. The van der Waals surface area contributed by atoms with Crippen molar-refractivity contribution in [3.05, 3.63) is 77.3 Å². The first kappa shape index (κ1) is 18.4. The molecule has 0 atom stereocenters. The number of amides is 2. The molecule has 1 aromatic heterocycles. The Morgan fingerprint density at radius 1 is 0.964 bits per heavy atom. The molecule has 2 amide bonds. The molecule has 0 unspecified atom stereocenters. The van der Waals surface area contributed by atoms with Crippen molar-refractivity contribution in [2.24, 2.45) is 0 Å². The second-order valence-corrected chi connectivity index (χ2v) is 7.67. The molecule has 1 N–H and O–H groups in total. The Bertz CT molecular complexity index is 948. The summed E-state index contributed by atoms with van der Waals surface area (Å²) in [6, 6.07) is 19.2. The van der Waals surface area contributed by atoms with Crippen LogP contribution in [0.15, 0.2) is 66.0 Å². The van der Waals surface area contributed by atoms with E-state index in [2.05, 4.69) is 10.3 Å². The minimum atomic E-state index is -0.0580. The summed E-state index contributed by atoms with van der Waals surface area (Å²) in [6.07, 6.45) is 1.50. The summed E-state index contributed by atoms with van der Waals surface area (Å²) in [5, 5.41) is 5.75. The van der Waals surface area contributed by atoms with Crippen LogP contribution in [0.5, 0.6) is 0 Å². The van der Waals surface area contributed by atoms with Crippen molar-refractivity contribution in [2.75, 3.05) is 13.1 Å². The van der Waals surface area contributed by atoms with Crippen molar-refractivity contribution in [1.29, 1.82) is 0 Å². The van der Waals surface area contributed by atoms with E-state index in [0.29, 0.717) is 24.3 Å². The van der Waals surface area contributed by atoms with Gasteiger partial charge in [0.05, 0.1) is 0 Å². The van der Waals surface area contributed by atoms with E-state index < -0.39 is 0 Å². The molecule has 1 saturated heterocycles. The lowest BCUT2D eigenvalue weighted by Crippen LogP contribution is -2.46. The Morgan fingerprint density at radius 2 is 1.61 bits per heavy atom. The van der Waals surface area contributed by atoms with E-state index in [1.165, 1.54) is 11.3 Å². The van der Waals surface area contributed by atoms with Crippen LogP contribution in [0.4, 0.5) is 0 Å². The van der Waals surface area contributed by atoms with Gasteiger partial charge < -0.3 is 10.2 Å². The Balaban J connectivity index is 1.33. The van der Waals surface area contributed by atoms with E-state index in [0.717, 1.165) is 23.4 Å². The SMILES string of the molecule is O=C(NC1CCN(C(=O)c2csc(-c3ccccc3)n2)CC1)c1ccccc1. The van der Waals surface area contributed by atoms with Crippen LogP contribution in [-0.2, 0) is 0 Å². The highest BCUT2D eigenvalue weighted by molar-refractivity contribution is 7.13. The van der Waals surface area contributed by atoms with Crippen molar-refractivity contribution < 1.29 is 9.59 Å². The van der Waals surface area contributed by atoms with Gasteiger partial charge in [0.25, 0.3) is 11.8 Å². The molecule has 0 aliphatic carbocycles. The van der Waals surface area contributed by atoms with Crippen LogP contribution in [-0.4, -0.2) is 40.8 Å². The Labute approximate surface area is 168 Å². The van der Waals surface area contributed by atoms with Crippen LogP contribution >= 0.6 is 11.3 Å². The van der Waals surface area contributed by atoms with Gasteiger partial charge in [-0.15, -0.1) is 11.3 Å². The topological polar surface area (TPSA) is 62.3 Å². The first-order valence-corrected chi connectivity index (χ1v) is 10.2. The van der Waals surface area contributed by atoms with E-state index in [4.69, 9.17) is 0 Å². The highest BCUT2D eigenvalue weighted by atomic mass is 32.1. The number of thiazole rings is 1. The molecule has 0 radical (unpaired) electrons. The molecule has 3 aromatic rings. The van der Waals surface area contributed by atoms with Crippen molar-refractivity contribution >= 4 is 23.2 Å². The average Bonchev–Trinajstić information content (AvgIpc) is 3.25. The predicted octanol–water partition coefficient (Wildman–Crippen LogP) is 3.84. The third kappa shape index (κ3) is 4.12. The van der Waals surface area contributed by atoms with Gasteiger partial charge in [-0.05, 0) is 25.0 Å². The fourth-order valence-corrected chi connectivity index (χ4v) is 4.13. The third-order valence-corrected chi connectivity index (χ3v) is 5.79. The summed E-state index contributed by atoms with van der Waals surface area (Å²) >= 11 is 1.49. The van der Waals surface area contributed by atoms with Gasteiger partial charge in [0.15, 0.2) is 0 Å². The quantitative estimate of drug-likeness (QED) is 0.735. The maximum absolute atomic E-state index is 12.8. The number of benzene rings is 2. The van der Waals surface area contributed by atoms with Crippen LogP contribution in [0.2, 0.25) is 0 Å². The number of piperidine rings is 1. The molecule has 1 fully saturated rings. The Hall–Kier alpha value is -2.99. The van der Waals surface area contributed by atoms with Crippen molar-refractivity contribution in [1.82, 2.24) is 15.2 Å². The summed E-state index contributed by atoms with van der Waals surface area (Å²) in [5.41, 5.74) is 2.18. The monoisotopic (exact) mass is 391 g/mol. The van der Waals surface area contributed by atoms with Crippen molar-refractivity contribution in [3.8, 4) is 10.6 Å². The smallest absolute Gasteiger partial charge is 0.273 e. The van der Waals surface area contributed by atoms with Crippen LogP contribution in [0.3, 0.4) is 0 Å². The Morgan fingerprint density at radius 3 is 2.29 bits per heavy atom. The Kier molecular flexibility index (Phi) is 5.48. The lowest BCUT2D eigenvalue weighted by molar-refractivity contribution is 0.0693. The van der Waals surface area contributed by atoms with Crippen LogP contribution in [0, 0.1) is 0 Å². The number of rotatable bonds is 4. The van der Waals surface area contributed by atoms with Gasteiger partial charge in [-0.3, -0.25) is 9.59 Å². The number of nitrogens with one attached hydrogen (secondary N) is 1. The van der Waals surface area contributed by atoms with Gasteiger partial charge in [0.2, 0.25) is 0 Å². The summed E-state index contributed by atoms with van der Waals surface area (Å²) in [4.78, 5) is 31.4. The molecule has 0 spiro atoms. The lowest BCUT2D eigenvalue weighted by atomic mass is 10.0. The highest BCUT2D eigenvalue weighted by Gasteiger charge is 2.26. The molecule has 2 aromatic carbocycles. The molecule has 6 heteroatoms. The number of hydrogen-bond donors (Lipinski definition) is 1. The van der Waals surface area contributed by atoms with E-state index in [1.54, 1.807) is 12.1 Å². The molecule has 0 bridgehead atoms. The zero-order valence-electron chi connectivity index (χ0n) is 15.4. The van der Waals surface area contributed by atoms with Crippen LogP contribution < -0.4 is 5.32 Å². The van der Waals surface area contributed by atoms with Crippen LogP contribution in [0.25, 0.3) is 10.6 Å². The summed E-state index contributed by atoms with van der Waals surface area (Å²) in [7, 11) is 0. The molecule has 1 aliphatic heterocycles. The van der Waals surface area contributed by atoms with Gasteiger partial charge in [-0.1, -0.05) is 48.5 Å². The molecular weight excluding hydrogens is 370 g/mol. The number of likely N-dealkylation sites (tertiary alicyclic amines) is 1. The van der Waals surface area contributed by atoms with Gasteiger partial charge in [0, 0.05) is 35.6 Å². The molecule has 4 rings (SSSR count). The number of carbonyl (C=O) groups is 2. The maximum Gasteiger partial charge on any atom is 0.273 e. The normalized spacial score (nSPS) is 14.6. The van der Waals surface area contributed by atoms with E-state index in [9.17, 15) is 9.59 Å². The van der Waals surface area contributed by atoms with Crippen molar-refractivity contribution in [2.45, 2.75) is 18.9 Å². The first-order chi connectivity index (χ1) is 13.7. The molecular formula is C22H21N3O2S. The summed E-state index contributed by atoms with van der Waals surface area (Å²) in [5.74, 6) is -0.0938. The standard InChI is InChI=1S/C22H21N3O2S/c26-20(16-7-3-1-4-8-16)23-18-11-13-25(14-12-18)22(27)19-15-28-21(24-19)17-9-5-2-6-10-17/h1-10,15,18H,11-14H2,(H,23,26). The minimum Gasteiger partial charge on any atom is -0.349 e. The van der Waals surface area contributed by atoms with E-state index >= 15 is 0 Å². The fourth-order valence-electron chi connectivity index (χ4n) is 3.33. The van der Waals surface area contributed by atoms with Gasteiger partial charge >= 0.3 is 0 Å². The lowest BCUT2D eigenvalue weighted by Gasteiger charge is -2.32. The minimum absolute atomic E-state index is 0.0359. The molecule has 5 nitrogen and oxygen atoms in total. The van der Waals surface area contributed by atoms with Gasteiger partial charge in [-0.25, -0.2) is 4.98 Å². The molecule has 142 valence electrons. The molecule has 0 saturated carbocycles. The second kappa shape index (κ2) is 8.35. The number of carbonyl (C=O) groups excluding carboxylic acids is 2. The predicted molar refractivity (Wildman–Crippen MR) is 110 cm³/mol. The van der Waals surface area contributed by atoms with E-state index in [-0.39, 0.29) is 17.9 Å². The number of aromatic nitrogens is 1. The highest BCUT2D eigenvalue weighted by Crippen LogP contribution is 2.24. The summed E-state index contributed by atoms with van der Waals surface area (Å²) in [6.45, 7) is 1.24.